The fourth-order valence-electron chi connectivity index (χ4n) is 2.64. The number of hydrogen-bond donors (Lipinski definition) is 3. The van der Waals surface area contributed by atoms with Crippen LogP contribution in [0.15, 0.2) is 30.5 Å². The predicted octanol–water partition coefficient (Wildman–Crippen LogP) is 3.08. The number of ether oxygens (including phenoxy) is 1. The largest absolute Gasteiger partial charge is 0.480 e. The summed E-state index contributed by atoms with van der Waals surface area (Å²) in [5, 5.41) is 10.0. The summed E-state index contributed by atoms with van der Waals surface area (Å²) in [6, 6.07) is 7.22. The van der Waals surface area contributed by atoms with Crippen molar-refractivity contribution in [1.29, 1.82) is 0 Å². The van der Waals surface area contributed by atoms with Crippen molar-refractivity contribution in [3.8, 4) is 17.0 Å². The molecule has 0 aliphatic rings. The molecule has 0 spiro atoms. The minimum Gasteiger partial charge on any atom is -0.480 e. The molecule has 3 aromatic rings. The molecular formula is C17H17ClN4O3. The van der Waals surface area contributed by atoms with Gasteiger partial charge in [0, 0.05) is 42.3 Å². The molecule has 0 radical (unpaired) electrons. The van der Waals surface area contributed by atoms with Gasteiger partial charge >= 0.3 is 0 Å². The normalized spacial score (nSPS) is 10.8. The van der Waals surface area contributed by atoms with Gasteiger partial charge in [-0.05, 0) is 24.3 Å². The van der Waals surface area contributed by atoms with E-state index < -0.39 is 5.91 Å². The lowest BCUT2D eigenvalue weighted by molar-refractivity contribution is 0.0708. The average Bonchev–Trinajstić information content (AvgIpc) is 3.02. The van der Waals surface area contributed by atoms with Crippen molar-refractivity contribution in [2.45, 2.75) is 0 Å². The Morgan fingerprint density at radius 1 is 1.32 bits per heavy atom. The highest BCUT2D eigenvalue weighted by Gasteiger charge is 2.17. The quantitative estimate of drug-likeness (QED) is 0.491. The molecule has 0 fully saturated rings. The molecule has 0 aliphatic heterocycles. The van der Waals surface area contributed by atoms with E-state index in [1.165, 1.54) is 6.20 Å². The molecule has 7 nitrogen and oxygen atoms in total. The summed E-state index contributed by atoms with van der Waals surface area (Å²) in [7, 11) is 5.32. The van der Waals surface area contributed by atoms with E-state index in [4.69, 9.17) is 21.5 Å². The van der Waals surface area contributed by atoms with E-state index >= 15 is 0 Å². The summed E-state index contributed by atoms with van der Waals surface area (Å²) in [5.74, 6) is 0.573. The summed E-state index contributed by atoms with van der Waals surface area (Å²) < 4.78 is 5.41. The Morgan fingerprint density at radius 3 is 2.72 bits per heavy atom. The number of fused-ring (bicyclic) bond motifs is 1. The van der Waals surface area contributed by atoms with E-state index in [0.717, 1.165) is 5.82 Å². The molecule has 1 amide bonds. The zero-order valence-corrected chi connectivity index (χ0v) is 14.7. The van der Waals surface area contributed by atoms with Gasteiger partial charge in [-0.25, -0.2) is 5.48 Å². The number of H-pyrrole nitrogens is 1. The topological polar surface area (TPSA) is 90.5 Å². The van der Waals surface area contributed by atoms with Crippen molar-refractivity contribution < 1.29 is 14.7 Å². The van der Waals surface area contributed by atoms with E-state index in [1.807, 2.05) is 31.1 Å². The molecule has 0 unspecified atom stereocenters. The van der Waals surface area contributed by atoms with Gasteiger partial charge in [-0.3, -0.25) is 10.0 Å². The van der Waals surface area contributed by atoms with Crippen LogP contribution in [-0.4, -0.2) is 42.3 Å². The smallest absolute Gasteiger partial charge is 0.276 e. The number of aromatic amines is 1. The van der Waals surface area contributed by atoms with Crippen LogP contribution in [0.5, 0.6) is 5.88 Å². The van der Waals surface area contributed by atoms with Crippen LogP contribution < -0.4 is 15.1 Å². The minimum atomic E-state index is -0.604. The van der Waals surface area contributed by atoms with Crippen LogP contribution in [0.2, 0.25) is 5.02 Å². The second-order valence-electron chi connectivity index (χ2n) is 5.64. The number of rotatable bonds is 4. The number of nitrogens with zero attached hydrogens (tertiary/aromatic N) is 2. The van der Waals surface area contributed by atoms with Crippen LogP contribution in [-0.2, 0) is 0 Å². The Hall–Kier alpha value is -2.77. The molecule has 1 aromatic carbocycles. The highest BCUT2D eigenvalue weighted by Crippen LogP contribution is 2.38. The van der Waals surface area contributed by atoms with Crippen LogP contribution in [0.4, 0.5) is 5.82 Å². The maximum atomic E-state index is 11.8. The van der Waals surface area contributed by atoms with Crippen molar-refractivity contribution >= 4 is 34.2 Å². The number of carbonyl (C=O) groups excluding carboxylic acids is 1. The lowest BCUT2D eigenvalue weighted by Crippen LogP contribution is -2.18. The number of hydroxylamine groups is 1. The molecule has 3 rings (SSSR count). The third-order valence-electron chi connectivity index (χ3n) is 3.90. The predicted molar refractivity (Wildman–Crippen MR) is 96.7 cm³/mol. The number of methoxy groups -OCH3 is 1. The van der Waals surface area contributed by atoms with Crippen LogP contribution in [0, 0.1) is 0 Å². The van der Waals surface area contributed by atoms with Gasteiger partial charge in [0.15, 0.2) is 0 Å². The van der Waals surface area contributed by atoms with Gasteiger partial charge in [0.25, 0.3) is 5.91 Å². The van der Waals surface area contributed by atoms with Gasteiger partial charge < -0.3 is 14.6 Å². The number of pyridine rings is 1. The number of hydrogen-bond acceptors (Lipinski definition) is 5. The maximum Gasteiger partial charge on any atom is 0.276 e. The molecule has 25 heavy (non-hydrogen) atoms. The van der Waals surface area contributed by atoms with Gasteiger partial charge in [-0.1, -0.05) is 11.6 Å². The summed E-state index contributed by atoms with van der Waals surface area (Å²) >= 11 is 6.43. The van der Waals surface area contributed by atoms with Crippen molar-refractivity contribution in [1.82, 2.24) is 15.4 Å². The van der Waals surface area contributed by atoms with Crippen LogP contribution in [0.3, 0.4) is 0 Å². The molecule has 0 saturated carbocycles. The van der Waals surface area contributed by atoms with Gasteiger partial charge in [-0.15, -0.1) is 0 Å². The number of anilines is 1. The van der Waals surface area contributed by atoms with Crippen molar-refractivity contribution in [3.63, 3.8) is 0 Å². The monoisotopic (exact) mass is 360 g/mol. The van der Waals surface area contributed by atoms with Gasteiger partial charge in [0.2, 0.25) is 5.88 Å². The van der Waals surface area contributed by atoms with Crippen LogP contribution in [0.25, 0.3) is 22.0 Å². The molecule has 130 valence electrons. The van der Waals surface area contributed by atoms with Gasteiger partial charge in [-0.2, -0.15) is 4.98 Å². The highest BCUT2D eigenvalue weighted by molar-refractivity contribution is 6.34. The van der Waals surface area contributed by atoms with Crippen molar-refractivity contribution in [3.05, 3.63) is 41.0 Å². The highest BCUT2D eigenvalue weighted by atomic mass is 35.5. The third-order valence-corrected chi connectivity index (χ3v) is 4.22. The number of benzene rings is 1. The van der Waals surface area contributed by atoms with Gasteiger partial charge in [0.1, 0.15) is 5.82 Å². The molecule has 2 heterocycles. The molecule has 0 saturated heterocycles. The van der Waals surface area contributed by atoms with E-state index in [2.05, 4.69) is 9.97 Å². The van der Waals surface area contributed by atoms with Crippen molar-refractivity contribution in [2.24, 2.45) is 0 Å². The minimum absolute atomic E-state index is 0.312. The Balaban J connectivity index is 2.21. The molecule has 0 atom stereocenters. The van der Waals surface area contributed by atoms with E-state index in [1.54, 1.807) is 24.7 Å². The number of halogens is 1. The van der Waals surface area contributed by atoms with Crippen molar-refractivity contribution in [2.75, 3.05) is 26.1 Å². The number of nitrogens with one attached hydrogen (secondary N) is 2. The summed E-state index contributed by atoms with van der Waals surface area (Å²) in [6.45, 7) is 0. The van der Waals surface area contributed by atoms with Gasteiger partial charge in [0.05, 0.1) is 17.7 Å². The molecule has 0 bridgehead atoms. The zero-order chi connectivity index (χ0) is 18.1. The molecule has 3 N–H and O–H groups in total. The molecular weight excluding hydrogens is 344 g/mol. The number of amides is 1. The third kappa shape index (κ3) is 2.99. The fourth-order valence-corrected chi connectivity index (χ4v) is 2.90. The van der Waals surface area contributed by atoms with E-state index in [-0.39, 0.29) is 0 Å². The molecule has 0 aliphatic carbocycles. The lowest BCUT2D eigenvalue weighted by Gasteiger charge is -2.15. The standard InChI is InChI=1S/C17H17ClN4O3/c1-22(2)15-5-4-9(17(20-15)25-3)10-6-11-12(16(23)21-24)8-19-14(11)7-13(10)18/h4-8,19,24H,1-3H3,(H,21,23). The maximum absolute atomic E-state index is 11.8. The first-order valence-electron chi connectivity index (χ1n) is 7.44. The first-order valence-corrected chi connectivity index (χ1v) is 7.82. The Morgan fingerprint density at radius 2 is 2.08 bits per heavy atom. The van der Waals surface area contributed by atoms with E-state index in [9.17, 15) is 4.79 Å². The van der Waals surface area contributed by atoms with E-state index in [0.29, 0.717) is 38.5 Å². The summed E-state index contributed by atoms with van der Waals surface area (Å²) in [6.07, 6.45) is 1.51. The van der Waals surface area contributed by atoms with Crippen LogP contribution in [0.1, 0.15) is 10.4 Å². The Labute approximate surface area is 149 Å². The SMILES string of the molecule is COc1nc(N(C)C)ccc1-c1cc2c(C(=O)NO)c[nH]c2cc1Cl. The van der Waals surface area contributed by atoms with Crippen LogP contribution >= 0.6 is 11.6 Å². The number of aromatic nitrogens is 2. The first kappa shape index (κ1) is 17.1. The lowest BCUT2D eigenvalue weighted by atomic mass is 10.0. The fraction of sp³-hybridized carbons (Fsp3) is 0.176. The first-order chi connectivity index (χ1) is 12.0. The second-order valence-corrected chi connectivity index (χ2v) is 6.05. The average molecular weight is 361 g/mol. The molecule has 8 heteroatoms. The zero-order valence-electron chi connectivity index (χ0n) is 13.9. The molecule has 2 aromatic heterocycles. The number of carbonyl (C=O) groups is 1. The summed E-state index contributed by atoms with van der Waals surface area (Å²) in [5.41, 5.74) is 4.02. The second kappa shape index (κ2) is 6.62. The summed E-state index contributed by atoms with van der Waals surface area (Å²) in [4.78, 5) is 21.1. The Kier molecular flexibility index (Phi) is 4.52. The Bertz CT molecular complexity index is 952.